The summed E-state index contributed by atoms with van der Waals surface area (Å²) in [4.78, 5) is 26.3. The first-order chi connectivity index (χ1) is 13.3. The quantitative estimate of drug-likeness (QED) is 0.628. The third-order valence-electron chi connectivity index (χ3n) is 4.22. The van der Waals surface area contributed by atoms with E-state index in [0.29, 0.717) is 46.2 Å². The number of aromatic amines is 1. The Balaban J connectivity index is 1.57. The molecule has 0 aliphatic carbocycles. The van der Waals surface area contributed by atoms with Gasteiger partial charge in [-0.1, -0.05) is 11.6 Å². The van der Waals surface area contributed by atoms with Crippen molar-refractivity contribution in [2.75, 3.05) is 32.1 Å². The predicted octanol–water partition coefficient (Wildman–Crippen LogP) is 2.74. The summed E-state index contributed by atoms with van der Waals surface area (Å²) in [5, 5.41) is 10.6. The van der Waals surface area contributed by atoms with Crippen molar-refractivity contribution in [2.24, 2.45) is 0 Å². The Hall–Kier alpha value is -2.84. The third-order valence-corrected chi connectivity index (χ3v) is 4.47. The summed E-state index contributed by atoms with van der Waals surface area (Å²) in [5.74, 6) is 1.09. The van der Waals surface area contributed by atoms with Gasteiger partial charge in [-0.15, -0.1) is 0 Å². The highest BCUT2D eigenvalue weighted by Gasteiger charge is 2.19. The summed E-state index contributed by atoms with van der Waals surface area (Å²) in [7, 11) is 1.80. The number of aromatic nitrogens is 2. The molecular weight excluding hydrogens is 384 g/mol. The van der Waals surface area contributed by atoms with Crippen molar-refractivity contribution in [1.82, 2.24) is 15.1 Å². The van der Waals surface area contributed by atoms with Crippen LogP contribution in [0.4, 0.5) is 5.88 Å². The molecule has 0 bridgehead atoms. The molecule has 9 heteroatoms. The van der Waals surface area contributed by atoms with Gasteiger partial charge in [0, 0.05) is 11.6 Å². The summed E-state index contributed by atoms with van der Waals surface area (Å²) >= 11 is 5.84. The molecule has 0 aliphatic heterocycles. The average molecular weight is 405 g/mol. The van der Waals surface area contributed by atoms with E-state index in [-0.39, 0.29) is 18.3 Å². The average Bonchev–Trinajstić information content (AvgIpc) is 2.97. The number of hydrogen-bond donors (Lipinski definition) is 2. The molecule has 1 aromatic carbocycles. The molecule has 2 aromatic heterocycles. The highest BCUT2D eigenvalue weighted by molar-refractivity contribution is 6.30. The Morgan fingerprint density at radius 2 is 2.00 bits per heavy atom. The number of benzene rings is 1. The van der Waals surface area contributed by atoms with E-state index in [1.807, 2.05) is 0 Å². The number of amides is 1. The van der Waals surface area contributed by atoms with Gasteiger partial charge < -0.3 is 9.15 Å². The van der Waals surface area contributed by atoms with Crippen molar-refractivity contribution < 1.29 is 13.9 Å². The van der Waals surface area contributed by atoms with E-state index < -0.39 is 5.56 Å². The fraction of sp³-hybridized carbons (Fsp3) is 0.316. The van der Waals surface area contributed by atoms with E-state index in [9.17, 15) is 9.59 Å². The van der Waals surface area contributed by atoms with Gasteiger partial charge in [0.1, 0.15) is 23.5 Å². The van der Waals surface area contributed by atoms with E-state index >= 15 is 0 Å². The van der Waals surface area contributed by atoms with Crippen molar-refractivity contribution in [3.8, 4) is 5.75 Å². The van der Waals surface area contributed by atoms with Crippen LogP contribution in [0.15, 0.2) is 33.5 Å². The van der Waals surface area contributed by atoms with E-state index in [1.54, 1.807) is 50.1 Å². The van der Waals surface area contributed by atoms with E-state index in [4.69, 9.17) is 20.8 Å². The molecule has 2 heterocycles. The Morgan fingerprint density at radius 3 is 2.71 bits per heavy atom. The van der Waals surface area contributed by atoms with Gasteiger partial charge in [0.25, 0.3) is 5.56 Å². The van der Waals surface area contributed by atoms with E-state index in [1.165, 1.54) is 0 Å². The van der Waals surface area contributed by atoms with Gasteiger partial charge in [-0.25, -0.2) is 5.10 Å². The molecule has 0 saturated heterocycles. The van der Waals surface area contributed by atoms with Crippen LogP contribution in [0.2, 0.25) is 5.02 Å². The lowest BCUT2D eigenvalue weighted by Crippen LogP contribution is -2.33. The fourth-order valence-electron chi connectivity index (χ4n) is 2.87. The molecule has 1 amide bonds. The second kappa shape index (κ2) is 8.45. The van der Waals surface area contributed by atoms with E-state index in [2.05, 4.69) is 15.5 Å². The highest BCUT2D eigenvalue weighted by atomic mass is 35.5. The van der Waals surface area contributed by atoms with Crippen molar-refractivity contribution in [3.63, 3.8) is 0 Å². The Morgan fingerprint density at radius 1 is 1.29 bits per heavy atom. The van der Waals surface area contributed by atoms with Gasteiger partial charge in [0.2, 0.25) is 11.8 Å². The first-order valence-corrected chi connectivity index (χ1v) is 9.08. The molecule has 3 aromatic rings. The number of fused-ring (bicyclic) bond motifs is 1. The molecule has 3 rings (SSSR count). The van der Waals surface area contributed by atoms with Gasteiger partial charge in [0.15, 0.2) is 0 Å². The number of anilines is 1. The zero-order valence-electron chi connectivity index (χ0n) is 15.8. The Labute approximate surface area is 166 Å². The Kier molecular flexibility index (Phi) is 6.01. The number of furan rings is 1. The molecule has 0 fully saturated rings. The minimum absolute atomic E-state index is 0.118. The fourth-order valence-corrected chi connectivity index (χ4v) is 3.00. The van der Waals surface area contributed by atoms with Gasteiger partial charge in [-0.3, -0.25) is 19.8 Å². The summed E-state index contributed by atoms with van der Waals surface area (Å²) in [6, 6.07) is 7.08. The number of nitrogens with one attached hydrogen (secondary N) is 2. The normalized spacial score (nSPS) is 11.2. The molecule has 0 radical (unpaired) electrons. The van der Waals surface area contributed by atoms with Gasteiger partial charge >= 0.3 is 0 Å². The SMILES string of the molecule is Cc1n[nH]c(=O)c2c(NC(=O)CN(C)CCOc3ccc(Cl)cc3)oc(C)c12. The molecule has 0 unspecified atom stereocenters. The monoisotopic (exact) mass is 404 g/mol. The zero-order chi connectivity index (χ0) is 20.3. The number of halogens is 1. The molecule has 0 spiro atoms. The molecule has 0 atom stereocenters. The van der Waals surface area contributed by atoms with Crippen LogP contribution in [0.1, 0.15) is 11.5 Å². The molecule has 0 aliphatic rings. The number of aryl methyl sites for hydroxylation is 2. The number of carbonyl (C=O) groups is 1. The maximum atomic E-state index is 12.3. The van der Waals surface area contributed by atoms with Gasteiger partial charge in [0.05, 0.1) is 17.6 Å². The van der Waals surface area contributed by atoms with Crippen LogP contribution in [0, 0.1) is 13.8 Å². The van der Waals surface area contributed by atoms with Crippen LogP contribution in [-0.2, 0) is 4.79 Å². The van der Waals surface area contributed by atoms with Crippen molar-refractivity contribution in [1.29, 1.82) is 0 Å². The molecule has 148 valence electrons. The van der Waals surface area contributed by atoms with Crippen LogP contribution in [0.5, 0.6) is 5.75 Å². The smallest absolute Gasteiger partial charge is 0.277 e. The van der Waals surface area contributed by atoms with Gasteiger partial charge in [-0.2, -0.15) is 5.10 Å². The first kappa shape index (κ1) is 19.9. The third kappa shape index (κ3) is 4.52. The van der Waals surface area contributed by atoms with Crippen LogP contribution >= 0.6 is 11.6 Å². The second-order valence-corrected chi connectivity index (χ2v) is 6.90. The molecule has 0 saturated carbocycles. The largest absolute Gasteiger partial charge is 0.492 e. The lowest BCUT2D eigenvalue weighted by atomic mass is 10.2. The number of carbonyl (C=O) groups excluding carboxylic acids is 1. The second-order valence-electron chi connectivity index (χ2n) is 6.46. The van der Waals surface area contributed by atoms with Crippen LogP contribution < -0.4 is 15.6 Å². The number of H-pyrrole nitrogens is 1. The maximum absolute atomic E-state index is 12.3. The minimum atomic E-state index is -0.405. The van der Waals surface area contributed by atoms with Crippen molar-refractivity contribution >= 4 is 34.2 Å². The maximum Gasteiger partial charge on any atom is 0.277 e. The summed E-state index contributed by atoms with van der Waals surface area (Å²) in [6.45, 7) is 4.57. The minimum Gasteiger partial charge on any atom is -0.492 e. The zero-order valence-corrected chi connectivity index (χ0v) is 16.6. The van der Waals surface area contributed by atoms with Crippen LogP contribution in [-0.4, -0.2) is 47.7 Å². The lowest BCUT2D eigenvalue weighted by Gasteiger charge is -2.16. The van der Waals surface area contributed by atoms with Crippen LogP contribution in [0.25, 0.3) is 10.8 Å². The van der Waals surface area contributed by atoms with Crippen LogP contribution in [0.3, 0.4) is 0 Å². The first-order valence-electron chi connectivity index (χ1n) is 8.70. The van der Waals surface area contributed by atoms with Gasteiger partial charge in [-0.05, 0) is 45.2 Å². The molecule has 2 N–H and O–H groups in total. The number of nitrogens with zero attached hydrogens (tertiary/aromatic N) is 2. The van der Waals surface area contributed by atoms with Crippen molar-refractivity contribution in [3.05, 3.63) is 51.1 Å². The number of ether oxygens (including phenoxy) is 1. The predicted molar refractivity (Wildman–Crippen MR) is 107 cm³/mol. The highest BCUT2D eigenvalue weighted by Crippen LogP contribution is 2.28. The molecule has 8 nitrogen and oxygen atoms in total. The number of hydrogen-bond acceptors (Lipinski definition) is 6. The topological polar surface area (TPSA) is 100 Å². The van der Waals surface area contributed by atoms with Crippen molar-refractivity contribution in [2.45, 2.75) is 13.8 Å². The summed E-state index contributed by atoms with van der Waals surface area (Å²) in [6.07, 6.45) is 0. The lowest BCUT2D eigenvalue weighted by molar-refractivity contribution is -0.117. The Bertz CT molecular complexity index is 1040. The standard InChI is InChI=1S/C19H21ClN4O4/c1-11-16-12(2)28-19(17(16)18(26)23-22-11)21-15(25)10-24(3)8-9-27-14-6-4-13(20)5-7-14/h4-7H,8-10H2,1-3H3,(H,21,25)(H,23,26). The van der Waals surface area contributed by atoms with E-state index in [0.717, 1.165) is 0 Å². The molecule has 28 heavy (non-hydrogen) atoms. The summed E-state index contributed by atoms with van der Waals surface area (Å²) < 4.78 is 11.2. The molecular formula is C19H21ClN4O4. The summed E-state index contributed by atoms with van der Waals surface area (Å²) in [5.41, 5.74) is 0.227. The number of rotatable bonds is 7. The number of likely N-dealkylation sites (N-methyl/N-ethyl adjacent to an activating group) is 1.